The van der Waals surface area contributed by atoms with E-state index in [1.807, 2.05) is 39.0 Å². The van der Waals surface area contributed by atoms with Gasteiger partial charge in [0.2, 0.25) is 5.91 Å². The zero-order valence-electron chi connectivity index (χ0n) is 20.2. The quantitative estimate of drug-likeness (QED) is 0.642. The van der Waals surface area contributed by atoms with Gasteiger partial charge in [0, 0.05) is 19.2 Å². The Kier molecular flexibility index (Phi) is 5.61. The standard InChI is InChI=1S/C26H36N4O3/c1-26(2,3)33-25(32)30(4)14-23-28-21-6-5-19(12-22(21)29-23)27-24(31)13-20-17-8-15-7-16(10-17)11-18(20)9-15/h5-6,12,15-18,20H,7-11,13-14H2,1-4H3,(H,27,31)(H,28,29). The number of fused-ring (bicyclic) bond motifs is 1. The van der Waals surface area contributed by atoms with Crippen molar-refractivity contribution in [2.45, 2.75) is 71.4 Å². The highest BCUT2D eigenvalue weighted by atomic mass is 16.6. The van der Waals surface area contributed by atoms with E-state index < -0.39 is 5.60 Å². The Balaban J connectivity index is 1.20. The lowest BCUT2D eigenvalue weighted by Crippen LogP contribution is -2.46. The topological polar surface area (TPSA) is 87.3 Å². The van der Waals surface area contributed by atoms with Crippen LogP contribution in [0.2, 0.25) is 0 Å². The van der Waals surface area contributed by atoms with E-state index in [4.69, 9.17) is 4.74 Å². The number of nitrogens with one attached hydrogen (secondary N) is 2. The molecule has 7 heteroatoms. The van der Waals surface area contributed by atoms with Crippen LogP contribution >= 0.6 is 0 Å². The monoisotopic (exact) mass is 452 g/mol. The van der Waals surface area contributed by atoms with Gasteiger partial charge < -0.3 is 19.9 Å². The Morgan fingerprint density at radius 3 is 2.42 bits per heavy atom. The second kappa shape index (κ2) is 8.33. The minimum Gasteiger partial charge on any atom is -0.444 e. The number of benzene rings is 1. The summed E-state index contributed by atoms with van der Waals surface area (Å²) in [5.74, 6) is 4.73. The number of H-pyrrole nitrogens is 1. The number of carbonyl (C=O) groups excluding carboxylic acids is 2. The highest BCUT2D eigenvalue weighted by molar-refractivity contribution is 5.93. The second-order valence-corrected chi connectivity index (χ2v) is 11.6. The normalized spacial score (nSPS) is 28.2. The Bertz CT molecular complexity index is 1030. The number of nitrogens with zero attached hydrogens (tertiary/aromatic N) is 2. The number of rotatable bonds is 5. The lowest BCUT2D eigenvalue weighted by molar-refractivity contribution is -0.121. The van der Waals surface area contributed by atoms with E-state index in [0.29, 0.717) is 24.7 Å². The zero-order chi connectivity index (χ0) is 23.3. The summed E-state index contributed by atoms with van der Waals surface area (Å²) in [6, 6.07) is 5.73. The SMILES string of the molecule is CN(Cc1nc2ccc(NC(=O)CC3C4CC5CC(C4)CC3C5)cc2[nH]1)C(=O)OC(C)(C)C. The molecule has 4 aliphatic carbocycles. The number of ether oxygens (including phenoxy) is 1. The van der Waals surface area contributed by atoms with E-state index in [-0.39, 0.29) is 12.0 Å². The van der Waals surface area contributed by atoms with Gasteiger partial charge >= 0.3 is 6.09 Å². The fourth-order valence-corrected chi connectivity index (χ4v) is 6.64. The first-order valence-electron chi connectivity index (χ1n) is 12.4. The molecule has 2 N–H and O–H groups in total. The van der Waals surface area contributed by atoms with Gasteiger partial charge in [-0.25, -0.2) is 9.78 Å². The Morgan fingerprint density at radius 2 is 1.79 bits per heavy atom. The van der Waals surface area contributed by atoms with Gasteiger partial charge in [0.1, 0.15) is 11.4 Å². The van der Waals surface area contributed by atoms with Crippen LogP contribution < -0.4 is 5.32 Å². The third kappa shape index (κ3) is 4.87. The summed E-state index contributed by atoms with van der Waals surface area (Å²) in [4.78, 5) is 34.5. The fourth-order valence-electron chi connectivity index (χ4n) is 6.64. The van der Waals surface area contributed by atoms with Gasteiger partial charge in [0.25, 0.3) is 0 Å². The summed E-state index contributed by atoms with van der Waals surface area (Å²) >= 11 is 0. The van der Waals surface area contributed by atoms with Gasteiger partial charge in [0.05, 0.1) is 17.6 Å². The van der Waals surface area contributed by atoms with Gasteiger partial charge in [0.15, 0.2) is 0 Å². The number of aromatic amines is 1. The van der Waals surface area contributed by atoms with Crippen molar-refractivity contribution >= 4 is 28.7 Å². The average molecular weight is 453 g/mol. The molecule has 2 amide bonds. The maximum Gasteiger partial charge on any atom is 0.410 e. The van der Waals surface area contributed by atoms with Crippen LogP contribution in [0, 0.1) is 29.6 Å². The Labute approximate surface area is 195 Å². The summed E-state index contributed by atoms with van der Waals surface area (Å²) in [6.45, 7) is 5.86. The minimum atomic E-state index is -0.539. The van der Waals surface area contributed by atoms with Crippen molar-refractivity contribution in [3.8, 4) is 0 Å². The molecule has 1 heterocycles. The van der Waals surface area contributed by atoms with Crippen LogP contribution in [0.25, 0.3) is 11.0 Å². The molecule has 1 aromatic heterocycles. The largest absolute Gasteiger partial charge is 0.444 e. The molecular formula is C26H36N4O3. The highest BCUT2D eigenvalue weighted by Crippen LogP contribution is 2.57. The minimum absolute atomic E-state index is 0.122. The van der Waals surface area contributed by atoms with Crippen LogP contribution in [0.3, 0.4) is 0 Å². The van der Waals surface area contributed by atoms with E-state index in [2.05, 4.69) is 15.3 Å². The van der Waals surface area contributed by atoms with E-state index >= 15 is 0 Å². The maximum absolute atomic E-state index is 12.9. The number of anilines is 1. The molecule has 4 fully saturated rings. The van der Waals surface area contributed by atoms with E-state index in [1.54, 1.807) is 7.05 Å². The van der Waals surface area contributed by atoms with Crippen molar-refractivity contribution in [3.05, 3.63) is 24.0 Å². The van der Waals surface area contributed by atoms with Crippen LogP contribution in [0.5, 0.6) is 0 Å². The molecule has 4 aliphatic rings. The molecule has 0 saturated heterocycles. The first-order chi connectivity index (χ1) is 15.6. The van der Waals surface area contributed by atoms with Crippen LogP contribution in [0.4, 0.5) is 10.5 Å². The third-order valence-electron chi connectivity index (χ3n) is 7.75. The summed E-state index contributed by atoms with van der Waals surface area (Å²) in [5, 5.41) is 3.12. The lowest BCUT2D eigenvalue weighted by atomic mass is 9.51. The number of carbonyl (C=O) groups is 2. The molecule has 4 saturated carbocycles. The molecule has 2 aromatic rings. The fraction of sp³-hybridized carbons (Fsp3) is 0.654. The molecule has 178 valence electrons. The first-order valence-corrected chi connectivity index (χ1v) is 12.4. The third-order valence-corrected chi connectivity index (χ3v) is 7.75. The lowest BCUT2D eigenvalue weighted by Gasteiger charge is -2.54. The summed E-state index contributed by atoms with van der Waals surface area (Å²) < 4.78 is 5.40. The maximum atomic E-state index is 12.9. The second-order valence-electron chi connectivity index (χ2n) is 11.6. The molecule has 7 nitrogen and oxygen atoms in total. The molecule has 4 bridgehead atoms. The van der Waals surface area contributed by atoms with E-state index in [9.17, 15) is 9.59 Å². The summed E-state index contributed by atoms with van der Waals surface area (Å²) in [6.07, 6.45) is 7.04. The molecular weight excluding hydrogens is 416 g/mol. The summed E-state index contributed by atoms with van der Waals surface area (Å²) in [7, 11) is 1.69. The smallest absolute Gasteiger partial charge is 0.410 e. The number of aromatic nitrogens is 2. The number of amides is 2. The van der Waals surface area contributed by atoms with Gasteiger partial charge in [-0.2, -0.15) is 0 Å². The predicted octanol–water partition coefficient (Wildman–Crippen LogP) is 5.33. The van der Waals surface area contributed by atoms with Gasteiger partial charge in [-0.05, 0) is 101 Å². The van der Waals surface area contributed by atoms with Crippen molar-refractivity contribution in [3.63, 3.8) is 0 Å². The van der Waals surface area contributed by atoms with Crippen molar-refractivity contribution in [1.29, 1.82) is 0 Å². The van der Waals surface area contributed by atoms with E-state index in [0.717, 1.165) is 40.4 Å². The van der Waals surface area contributed by atoms with Crippen molar-refractivity contribution in [1.82, 2.24) is 14.9 Å². The Hall–Kier alpha value is -2.57. The molecule has 0 unspecified atom stereocenters. The van der Waals surface area contributed by atoms with Crippen LogP contribution in [-0.2, 0) is 16.1 Å². The molecule has 0 radical (unpaired) electrons. The number of imidazole rings is 1. The van der Waals surface area contributed by atoms with Gasteiger partial charge in [-0.15, -0.1) is 0 Å². The first kappa shape index (κ1) is 22.2. The van der Waals surface area contributed by atoms with Crippen molar-refractivity contribution < 1.29 is 14.3 Å². The van der Waals surface area contributed by atoms with Crippen molar-refractivity contribution in [2.24, 2.45) is 29.6 Å². The highest BCUT2D eigenvalue weighted by Gasteiger charge is 2.48. The van der Waals surface area contributed by atoms with Crippen molar-refractivity contribution in [2.75, 3.05) is 12.4 Å². The van der Waals surface area contributed by atoms with Crippen LogP contribution in [0.1, 0.15) is 65.1 Å². The number of hydrogen-bond donors (Lipinski definition) is 2. The molecule has 0 atom stereocenters. The van der Waals surface area contributed by atoms with Gasteiger partial charge in [-0.3, -0.25) is 4.79 Å². The van der Waals surface area contributed by atoms with Gasteiger partial charge in [-0.1, -0.05) is 0 Å². The van der Waals surface area contributed by atoms with E-state index in [1.165, 1.54) is 37.0 Å². The summed E-state index contributed by atoms with van der Waals surface area (Å²) in [5.41, 5.74) is 1.90. The van der Waals surface area contributed by atoms with Crippen LogP contribution in [-0.4, -0.2) is 39.5 Å². The number of hydrogen-bond acceptors (Lipinski definition) is 4. The molecule has 33 heavy (non-hydrogen) atoms. The molecule has 0 spiro atoms. The zero-order valence-corrected chi connectivity index (χ0v) is 20.2. The average Bonchev–Trinajstić information content (AvgIpc) is 3.10. The molecule has 0 aliphatic heterocycles. The Morgan fingerprint density at radius 1 is 1.12 bits per heavy atom. The predicted molar refractivity (Wildman–Crippen MR) is 128 cm³/mol. The van der Waals surface area contributed by atoms with Crippen LogP contribution in [0.15, 0.2) is 18.2 Å². The molecule has 1 aromatic carbocycles. The molecule has 6 rings (SSSR count).